The highest BCUT2D eigenvalue weighted by atomic mass is 79.9. The van der Waals surface area contributed by atoms with Crippen molar-refractivity contribution in [2.75, 3.05) is 6.54 Å². The standard InChI is InChI=1S/C13H20BrN3O/c1-13(2,3)17-12(18)4-5-15-7-10-6-11(14)9-16-8-10/h6,8-9,15H,4-5,7H2,1-3H3,(H,17,18). The first-order valence-corrected chi connectivity index (χ1v) is 6.77. The molecule has 4 nitrogen and oxygen atoms in total. The Morgan fingerprint density at radius 2 is 2.11 bits per heavy atom. The normalized spacial score (nSPS) is 11.3. The molecule has 0 saturated heterocycles. The fourth-order valence-corrected chi connectivity index (χ4v) is 1.88. The number of carbonyl (C=O) groups is 1. The summed E-state index contributed by atoms with van der Waals surface area (Å²) in [5, 5.41) is 6.15. The van der Waals surface area contributed by atoms with Gasteiger partial charge < -0.3 is 10.6 Å². The predicted octanol–water partition coefficient (Wildman–Crippen LogP) is 2.24. The summed E-state index contributed by atoms with van der Waals surface area (Å²) in [4.78, 5) is 15.6. The summed E-state index contributed by atoms with van der Waals surface area (Å²) in [5.41, 5.74) is 0.936. The fraction of sp³-hybridized carbons (Fsp3) is 0.538. The number of halogens is 1. The average molecular weight is 314 g/mol. The summed E-state index contributed by atoms with van der Waals surface area (Å²) in [6.45, 7) is 7.31. The lowest BCUT2D eigenvalue weighted by Crippen LogP contribution is -2.41. The van der Waals surface area contributed by atoms with Gasteiger partial charge >= 0.3 is 0 Å². The van der Waals surface area contributed by atoms with Crippen molar-refractivity contribution in [3.8, 4) is 0 Å². The Morgan fingerprint density at radius 1 is 1.39 bits per heavy atom. The van der Waals surface area contributed by atoms with Gasteiger partial charge in [-0.2, -0.15) is 0 Å². The van der Waals surface area contributed by atoms with Gasteiger partial charge in [0, 0.05) is 41.9 Å². The quantitative estimate of drug-likeness (QED) is 0.820. The maximum atomic E-state index is 11.6. The third-order valence-electron chi connectivity index (χ3n) is 2.13. The number of hydrogen-bond donors (Lipinski definition) is 2. The van der Waals surface area contributed by atoms with E-state index in [-0.39, 0.29) is 11.4 Å². The van der Waals surface area contributed by atoms with Gasteiger partial charge in [-0.3, -0.25) is 9.78 Å². The molecular formula is C13H20BrN3O. The Kier molecular flexibility index (Phi) is 5.75. The lowest BCUT2D eigenvalue weighted by molar-refractivity contribution is -0.122. The van der Waals surface area contributed by atoms with Crippen LogP contribution in [0.2, 0.25) is 0 Å². The minimum atomic E-state index is -0.161. The number of pyridine rings is 1. The van der Waals surface area contributed by atoms with E-state index in [1.807, 2.05) is 33.0 Å². The van der Waals surface area contributed by atoms with Crippen LogP contribution in [0.4, 0.5) is 0 Å². The summed E-state index contributed by atoms with van der Waals surface area (Å²) in [5.74, 6) is 0.0716. The zero-order valence-electron chi connectivity index (χ0n) is 11.1. The molecule has 0 atom stereocenters. The molecule has 0 saturated carbocycles. The van der Waals surface area contributed by atoms with Gasteiger partial charge in [-0.15, -0.1) is 0 Å². The van der Waals surface area contributed by atoms with Gasteiger partial charge in [0.05, 0.1) is 0 Å². The lowest BCUT2D eigenvalue weighted by Gasteiger charge is -2.20. The topological polar surface area (TPSA) is 54.0 Å². The van der Waals surface area contributed by atoms with Gasteiger partial charge in [0.25, 0.3) is 0 Å². The van der Waals surface area contributed by atoms with Crippen molar-refractivity contribution in [1.82, 2.24) is 15.6 Å². The van der Waals surface area contributed by atoms with E-state index in [2.05, 4.69) is 31.5 Å². The van der Waals surface area contributed by atoms with Gasteiger partial charge in [0.2, 0.25) is 5.91 Å². The monoisotopic (exact) mass is 313 g/mol. The van der Waals surface area contributed by atoms with Crippen LogP contribution in [0, 0.1) is 0 Å². The number of nitrogens with one attached hydrogen (secondary N) is 2. The van der Waals surface area contributed by atoms with Crippen LogP contribution in [0.3, 0.4) is 0 Å². The molecule has 0 aliphatic rings. The molecule has 1 rings (SSSR count). The number of amides is 1. The Labute approximate surface area is 117 Å². The molecular weight excluding hydrogens is 294 g/mol. The lowest BCUT2D eigenvalue weighted by atomic mass is 10.1. The van der Waals surface area contributed by atoms with Crippen LogP contribution >= 0.6 is 15.9 Å². The smallest absolute Gasteiger partial charge is 0.221 e. The molecule has 1 amide bonds. The Bertz CT molecular complexity index is 401. The summed E-state index contributed by atoms with van der Waals surface area (Å²) in [7, 11) is 0. The maximum absolute atomic E-state index is 11.6. The molecule has 0 fully saturated rings. The summed E-state index contributed by atoms with van der Waals surface area (Å²) in [6.07, 6.45) is 4.05. The van der Waals surface area contributed by atoms with Crippen LogP contribution < -0.4 is 10.6 Å². The molecule has 5 heteroatoms. The van der Waals surface area contributed by atoms with Crippen molar-refractivity contribution in [2.45, 2.75) is 39.3 Å². The van der Waals surface area contributed by atoms with E-state index in [0.717, 1.165) is 16.6 Å². The van der Waals surface area contributed by atoms with Gasteiger partial charge in [0.1, 0.15) is 0 Å². The molecule has 0 aliphatic carbocycles. The molecule has 0 radical (unpaired) electrons. The Balaban J connectivity index is 2.21. The number of rotatable bonds is 5. The summed E-state index contributed by atoms with van der Waals surface area (Å²) >= 11 is 3.37. The van der Waals surface area contributed by atoms with Crippen LogP contribution in [-0.2, 0) is 11.3 Å². The highest BCUT2D eigenvalue weighted by molar-refractivity contribution is 9.10. The third-order valence-corrected chi connectivity index (χ3v) is 2.57. The van der Waals surface area contributed by atoms with Crippen molar-refractivity contribution >= 4 is 21.8 Å². The van der Waals surface area contributed by atoms with Crippen molar-refractivity contribution < 1.29 is 4.79 Å². The maximum Gasteiger partial charge on any atom is 0.221 e. The van der Waals surface area contributed by atoms with Crippen molar-refractivity contribution in [3.63, 3.8) is 0 Å². The largest absolute Gasteiger partial charge is 0.351 e. The first-order valence-electron chi connectivity index (χ1n) is 5.98. The van der Waals surface area contributed by atoms with E-state index in [0.29, 0.717) is 13.0 Å². The van der Waals surface area contributed by atoms with Gasteiger partial charge in [-0.1, -0.05) is 0 Å². The Morgan fingerprint density at radius 3 is 2.72 bits per heavy atom. The molecule has 100 valence electrons. The average Bonchev–Trinajstić information content (AvgIpc) is 2.22. The minimum absolute atomic E-state index is 0.0716. The molecule has 0 unspecified atom stereocenters. The Hall–Kier alpha value is -0.940. The van der Waals surface area contributed by atoms with Crippen molar-refractivity contribution in [1.29, 1.82) is 0 Å². The fourth-order valence-electron chi connectivity index (χ4n) is 1.47. The van der Waals surface area contributed by atoms with Crippen molar-refractivity contribution in [3.05, 3.63) is 28.5 Å². The first kappa shape index (κ1) is 15.1. The van der Waals surface area contributed by atoms with Crippen LogP contribution in [-0.4, -0.2) is 23.0 Å². The molecule has 0 spiro atoms. The molecule has 1 heterocycles. The molecule has 0 bridgehead atoms. The highest BCUT2D eigenvalue weighted by Gasteiger charge is 2.12. The number of nitrogens with zero attached hydrogens (tertiary/aromatic N) is 1. The summed E-state index contributed by atoms with van der Waals surface area (Å²) in [6, 6.07) is 2.01. The van der Waals surface area contributed by atoms with Gasteiger partial charge in [-0.05, 0) is 48.3 Å². The number of carbonyl (C=O) groups excluding carboxylic acids is 1. The second kappa shape index (κ2) is 6.85. The zero-order valence-corrected chi connectivity index (χ0v) is 12.7. The third kappa shape index (κ3) is 6.71. The van der Waals surface area contributed by atoms with E-state index in [9.17, 15) is 4.79 Å². The number of aromatic nitrogens is 1. The van der Waals surface area contributed by atoms with Crippen molar-refractivity contribution in [2.24, 2.45) is 0 Å². The number of hydrogen-bond acceptors (Lipinski definition) is 3. The van der Waals surface area contributed by atoms with Crippen LogP contribution in [0.25, 0.3) is 0 Å². The van der Waals surface area contributed by atoms with E-state index >= 15 is 0 Å². The van der Waals surface area contributed by atoms with E-state index < -0.39 is 0 Å². The van der Waals surface area contributed by atoms with Crippen LogP contribution in [0.5, 0.6) is 0 Å². The second-order valence-electron chi connectivity index (χ2n) is 5.24. The molecule has 2 N–H and O–H groups in total. The molecule has 0 aliphatic heterocycles. The molecule has 1 aromatic rings. The van der Waals surface area contributed by atoms with Crippen LogP contribution in [0.1, 0.15) is 32.8 Å². The van der Waals surface area contributed by atoms with E-state index in [4.69, 9.17) is 0 Å². The van der Waals surface area contributed by atoms with Crippen LogP contribution in [0.15, 0.2) is 22.9 Å². The summed E-state index contributed by atoms with van der Waals surface area (Å²) < 4.78 is 0.965. The van der Waals surface area contributed by atoms with E-state index in [1.165, 1.54) is 0 Å². The molecule has 0 aromatic carbocycles. The van der Waals surface area contributed by atoms with Gasteiger partial charge in [0.15, 0.2) is 0 Å². The predicted molar refractivity (Wildman–Crippen MR) is 76.2 cm³/mol. The minimum Gasteiger partial charge on any atom is -0.351 e. The molecule has 18 heavy (non-hydrogen) atoms. The van der Waals surface area contributed by atoms with E-state index in [1.54, 1.807) is 6.20 Å². The second-order valence-corrected chi connectivity index (χ2v) is 6.15. The SMILES string of the molecule is CC(C)(C)NC(=O)CCNCc1cncc(Br)c1. The zero-order chi connectivity index (χ0) is 13.6. The van der Waals surface area contributed by atoms with Gasteiger partial charge in [-0.25, -0.2) is 0 Å². The molecule has 1 aromatic heterocycles. The highest BCUT2D eigenvalue weighted by Crippen LogP contribution is 2.09. The first-order chi connectivity index (χ1) is 8.37.